The Bertz CT molecular complexity index is 428. The van der Waals surface area contributed by atoms with Crippen LogP contribution in [0.5, 0.6) is 5.75 Å². The molecule has 0 bridgehead atoms. The van der Waals surface area contributed by atoms with E-state index < -0.39 is 0 Å². The third-order valence-corrected chi connectivity index (χ3v) is 3.66. The van der Waals surface area contributed by atoms with Gasteiger partial charge in [-0.2, -0.15) is 0 Å². The molecule has 1 aliphatic carbocycles. The number of rotatable bonds is 5. The molecule has 1 saturated carbocycles. The highest BCUT2D eigenvalue weighted by Gasteiger charge is 2.14. The lowest BCUT2D eigenvalue weighted by Gasteiger charge is -2.16. The summed E-state index contributed by atoms with van der Waals surface area (Å²) >= 11 is 0. The second-order valence-corrected chi connectivity index (χ2v) is 5.39. The average Bonchev–Trinajstić information content (AvgIpc) is 2.74. The van der Waals surface area contributed by atoms with Gasteiger partial charge in [0.1, 0.15) is 18.2 Å². The van der Waals surface area contributed by atoms with Gasteiger partial charge in [-0.05, 0) is 37.1 Å². The average molecular weight is 294 g/mol. The van der Waals surface area contributed by atoms with Crippen LogP contribution in [0, 0.1) is 5.82 Å². The molecule has 1 aliphatic rings. The molecule has 0 radical (unpaired) electrons. The summed E-state index contributed by atoms with van der Waals surface area (Å²) in [6, 6.07) is 6.00. The molecule has 2 amide bonds. The summed E-state index contributed by atoms with van der Waals surface area (Å²) in [6.07, 6.45) is 7.06. The second-order valence-electron chi connectivity index (χ2n) is 5.39. The number of nitrogens with one attached hydrogen (secondary N) is 2. The SMILES string of the molecule is O=C(NCCOc1ccc(F)cc1)NC1CCCCCC1. The van der Waals surface area contributed by atoms with E-state index in [9.17, 15) is 9.18 Å². The number of benzene rings is 1. The van der Waals surface area contributed by atoms with E-state index in [1.807, 2.05) is 0 Å². The summed E-state index contributed by atoms with van der Waals surface area (Å²) < 4.78 is 18.1. The Labute approximate surface area is 125 Å². The lowest BCUT2D eigenvalue weighted by molar-refractivity contribution is 0.231. The van der Waals surface area contributed by atoms with Crippen molar-refractivity contribution in [1.29, 1.82) is 0 Å². The van der Waals surface area contributed by atoms with Gasteiger partial charge in [-0.25, -0.2) is 9.18 Å². The minimum atomic E-state index is -0.289. The predicted molar refractivity (Wildman–Crippen MR) is 79.9 cm³/mol. The molecule has 1 fully saturated rings. The van der Waals surface area contributed by atoms with E-state index in [0.29, 0.717) is 24.9 Å². The molecular weight excluding hydrogens is 271 g/mol. The summed E-state index contributed by atoms with van der Waals surface area (Å²) in [7, 11) is 0. The van der Waals surface area contributed by atoms with Crippen molar-refractivity contribution < 1.29 is 13.9 Å². The highest BCUT2D eigenvalue weighted by Crippen LogP contribution is 2.17. The van der Waals surface area contributed by atoms with E-state index in [1.54, 1.807) is 12.1 Å². The van der Waals surface area contributed by atoms with Gasteiger partial charge in [0.2, 0.25) is 0 Å². The number of urea groups is 1. The number of carbonyl (C=O) groups excluding carboxylic acids is 1. The fourth-order valence-electron chi connectivity index (χ4n) is 2.52. The Morgan fingerprint density at radius 3 is 2.48 bits per heavy atom. The Morgan fingerprint density at radius 1 is 1.14 bits per heavy atom. The largest absolute Gasteiger partial charge is 0.492 e. The van der Waals surface area contributed by atoms with Crippen molar-refractivity contribution in [3.63, 3.8) is 0 Å². The van der Waals surface area contributed by atoms with E-state index in [1.165, 1.54) is 37.8 Å². The Kier molecular flexibility index (Phi) is 6.31. The van der Waals surface area contributed by atoms with Gasteiger partial charge in [0.15, 0.2) is 0 Å². The van der Waals surface area contributed by atoms with Crippen molar-refractivity contribution in [1.82, 2.24) is 10.6 Å². The molecule has 5 heteroatoms. The summed E-state index contributed by atoms with van der Waals surface area (Å²) in [5, 5.41) is 5.79. The Hall–Kier alpha value is -1.78. The maximum Gasteiger partial charge on any atom is 0.315 e. The molecule has 1 aromatic rings. The maximum absolute atomic E-state index is 12.7. The number of halogens is 1. The van der Waals surface area contributed by atoms with Gasteiger partial charge in [-0.3, -0.25) is 0 Å². The fourth-order valence-corrected chi connectivity index (χ4v) is 2.52. The molecule has 1 aromatic carbocycles. The molecule has 21 heavy (non-hydrogen) atoms. The molecule has 4 nitrogen and oxygen atoms in total. The van der Waals surface area contributed by atoms with Gasteiger partial charge in [0, 0.05) is 6.04 Å². The lowest BCUT2D eigenvalue weighted by Crippen LogP contribution is -2.43. The monoisotopic (exact) mass is 294 g/mol. The fraction of sp³-hybridized carbons (Fsp3) is 0.562. The van der Waals surface area contributed by atoms with Crippen LogP contribution >= 0.6 is 0 Å². The van der Waals surface area contributed by atoms with Crippen molar-refractivity contribution in [3.8, 4) is 5.75 Å². The van der Waals surface area contributed by atoms with Crippen LogP contribution in [0.25, 0.3) is 0 Å². The molecular formula is C16H23FN2O2. The third kappa shape index (κ3) is 6.02. The standard InChI is InChI=1S/C16H23FN2O2/c17-13-7-9-15(10-8-13)21-12-11-18-16(20)19-14-5-3-1-2-4-6-14/h7-10,14H,1-6,11-12H2,(H2,18,19,20). The van der Waals surface area contributed by atoms with Crippen molar-refractivity contribution in [3.05, 3.63) is 30.1 Å². The molecule has 0 spiro atoms. The van der Waals surface area contributed by atoms with Crippen LogP contribution in [0.3, 0.4) is 0 Å². The normalized spacial score (nSPS) is 16.0. The molecule has 0 saturated heterocycles. The molecule has 2 rings (SSSR count). The third-order valence-electron chi connectivity index (χ3n) is 3.66. The van der Waals surface area contributed by atoms with Crippen LogP contribution in [0.2, 0.25) is 0 Å². The number of hydrogen-bond acceptors (Lipinski definition) is 2. The van der Waals surface area contributed by atoms with Crippen molar-refractivity contribution in [2.75, 3.05) is 13.2 Å². The number of amides is 2. The van der Waals surface area contributed by atoms with Gasteiger partial charge in [0.25, 0.3) is 0 Å². The quantitative estimate of drug-likeness (QED) is 0.647. The van der Waals surface area contributed by atoms with E-state index >= 15 is 0 Å². The van der Waals surface area contributed by atoms with Gasteiger partial charge >= 0.3 is 6.03 Å². The van der Waals surface area contributed by atoms with Gasteiger partial charge < -0.3 is 15.4 Å². The highest BCUT2D eigenvalue weighted by molar-refractivity contribution is 5.74. The number of carbonyl (C=O) groups is 1. The molecule has 0 aliphatic heterocycles. The molecule has 0 atom stereocenters. The minimum absolute atomic E-state index is 0.135. The molecule has 0 unspecified atom stereocenters. The van der Waals surface area contributed by atoms with Crippen LogP contribution in [0.4, 0.5) is 9.18 Å². The van der Waals surface area contributed by atoms with E-state index in [0.717, 1.165) is 12.8 Å². The first-order valence-electron chi connectivity index (χ1n) is 7.67. The van der Waals surface area contributed by atoms with Crippen LogP contribution in [0.1, 0.15) is 38.5 Å². The van der Waals surface area contributed by atoms with Crippen LogP contribution in [0.15, 0.2) is 24.3 Å². The van der Waals surface area contributed by atoms with Gasteiger partial charge in [0.05, 0.1) is 6.54 Å². The van der Waals surface area contributed by atoms with Gasteiger partial charge in [-0.1, -0.05) is 25.7 Å². The van der Waals surface area contributed by atoms with Gasteiger partial charge in [-0.15, -0.1) is 0 Å². The van der Waals surface area contributed by atoms with E-state index in [4.69, 9.17) is 4.74 Å². The zero-order chi connectivity index (χ0) is 14.9. The smallest absolute Gasteiger partial charge is 0.315 e. The minimum Gasteiger partial charge on any atom is -0.492 e. The summed E-state index contributed by atoms with van der Waals surface area (Å²) in [5.41, 5.74) is 0. The second kappa shape index (κ2) is 8.49. The van der Waals surface area contributed by atoms with Crippen LogP contribution in [-0.4, -0.2) is 25.2 Å². The van der Waals surface area contributed by atoms with Crippen molar-refractivity contribution in [2.45, 2.75) is 44.6 Å². The maximum atomic E-state index is 12.7. The summed E-state index contributed by atoms with van der Waals surface area (Å²) in [5.74, 6) is 0.311. The van der Waals surface area contributed by atoms with Crippen LogP contribution in [-0.2, 0) is 0 Å². The first-order valence-corrected chi connectivity index (χ1v) is 7.67. The molecule has 2 N–H and O–H groups in total. The molecule has 0 heterocycles. The van der Waals surface area contributed by atoms with Crippen molar-refractivity contribution >= 4 is 6.03 Å². The van der Waals surface area contributed by atoms with Crippen LogP contribution < -0.4 is 15.4 Å². The Morgan fingerprint density at radius 2 is 1.81 bits per heavy atom. The molecule has 0 aromatic heterocycles. The zero-order valence-corrected chi connectivity index (χ0v) is 12.2. The first-order chi connectivity index (χ1) is 10.2. The summed E-state index contributed by atoms with van der Waals surface area (Å²) in [6.45, 7) is 0.791. The predicted octanol–water partition coefficient (Wildman–Crippen LogP) is 3.23. The number of ether oxygens (including phenoxy) is 1. The zero-order valence-electron chi connectivity index (χ0n) is 12.2. The first kappa shape index (κ1) is 15.6. The highest BCUT2D eigenvalue weighted by atomic mass is 19.1. The van der Waals surface area contributed by atoms with E-state index in [-0.39, 0.29) is 11.8 Å². The lowest BCUT2D eigenvalue weighted by atomic mass is 10.1. The summed E-state index contributed by atoms with van der Waals surface area (Å²) in [4.78, 5) is 11.8. The van der Waals surface area contributed by atoms with E-state index in [2.05, 4.69) is 10.6 Å². The number of hydrogen-bond donors (Lipinski definition) is 2. The topological polar surface area (TPSA) is 50.4 Å². The van der Waals surface area contributed by atoms with Crippen molar-refractivity contribution in [2.24, 2.45) is 0 Å². The Balaban J connectivity index is 1.59. The molecule has 116 valence electrons.